The Kier molecular flexibility index (Phi) is 1.70. The molecule has 2 heterocycles. The number of hydrogen-bond acceptors (Lipinski definition) is 3. The smallest absolute Gasteiger partial charge is 0.167 e. The predicted molar refractivity (Wildman–Crippen MR) is 45.7 cm³/mol. The van der Waals surface area contributed by atoms with Crippen molar-refractivity contribution in [2.24, 2.45) is 0 Å². The van der Waals surface area contributed by atoms with Gasteiger partial charge in [-0.05, 0) is 6.07 Å². The molecule has 0 saturated heterocycles. The van der Waals surface area contributed by atoms with Gasteiger partial charge in [0.2, 0.25) is 0 Å². The van der Waals surface area contributed by atoms with Gasteiger partial charge in [0.1, 0.15) is 5.69 Å². The Hall–Kier alpha value is -1.91. The van der Waals surface area contributed by atoms with Crippen LogP contribution in [0.25, 0.3) is 5.69 Å². The number of halogens is 1. The summed E-state index contributed by atoms with van der Waals surface area (Å²) in [6, 6.07) is 1.53. The van der Waals surface area contributed by atoms with E-state index < -0.39 is 5.82 Å². The number of rotatable bonds is 1. The molecule has 66 valence electrons. The molecule has 13 heavy (non-hydrogen) atoms. The van der Waals surface area contributed by atoms with Gasteiger partial charge in [0.25, 0.3) is 0 Å². The highest BCUT2D eigenvalue weighted by atomic mass is 19.1. The summed E-state index contributed by atoms with van der Waals surface area (Å²) in [6.45, 7) is 0. The highest BCUT2D eigenvalue weighted by molar-refractivity contribution is 5.37. The van der Waals surface area contributed by atoms with E-state index in [0.29, 0.717) is 11.4 Å². The Labute approximate surface area is 73.8 Å². The molecule has 0 saturated carbocycles. The first-order chi connectivity index (χ1) is 6.27. The molecule has 2 aromatic heterocycles. The van der Waals surface area contributed by atoms with Gasteiger partial charge < -0.3 is 5.73 Å². The van der Waals surface area contributed by atoms with Gasteiger partial charge in [-0.25, -0.2) is 9.07 Å². The average molecular weight is 178 g/mol. The first-order valence-corrected chi connectivity index (χ1v) is 3.67. The number of anilines is 1. The molecule has 0 aliphatic rings. The molecule has 0 atom stereocenters. The fourth-order valence-corrected chi connectivity index (χ4v) is 1.02. The van der Waals surface area contributed by atoms with Gasteiger partial charge in [0, 0.05) is 6.20 Å². The minimum absolute atomic E-state index is 0.340. The molecular formula is C8H7FN4. The first kappa shape index (κ1) is 7.72. The van der Waals surface area contributed by atoms with Crippen LogP contribution in [0.15, 0.2) is 30.9 Å². The number of aromatic nitrogens is 3. The molecule has 2 N–H and O–H groups in total. The van der Waals surface area contributed by atoms with Crippen LogP contribution in [0.1, 0.15) is 0 Å². The van der Waals surface area contributed by atoms with Crippen LogP contribution >= 0.6 is 0 Å². The largest absolute Gasteiger partial charge is 0.396 e. The van der Waals surface area contributed by atoms with E-state index in [-0.39, 0.29) is 0 Å². The Morgan fingerprint density at radius 1 is 1.38 bits per heavy atom. The zero-order valence-electron chi connectivity index (χ0n) is 6.68. The van der Waals surface area contributed by atoms with Crippen molar-refractivity contribution in [3.8, 4) is 5.69 Å². The van der Waals surface area contributed by atoms with E-state index in [4.69, 9.17) is 5.73 Å². The molecule has 2 aromatic rings. The van der Waals surface area contributed by atoms with E-state index in [1.54, 1.807) is 6.20 Å². The molecule has 0 unspecified atom stereocenters. The van der Waals surface area contributed by atoms with Crippen molar-refractivity contribution in [2.45, 2.75) is 0 Å². The third-order valence-corrected chi connectivity index (χ3v) is 1.60. The van der Waals surface area contributed by atoms with Crippen molar-refractivity contribution in [3.05, 3.63) is 36.7 Å². The number of nitrogen functional groups attached to an aromatic ring is 1. The molecule has 0 aliphatic carbocycles. The second-order valence-electron chi connectivity index (χ2n) is 2.55. The highest BCUT2D eigenvalue weighted by Gasteiger charge is 2.03. The zero-order valence-corrected chi connectivity index (χ0v) is 6.68. The molecular weight excluding hydrogens is 171 g/mol. The predicted octanol–water partition coefficient (Wildman–Crippen LogP) is 0.989. The minimum atomic E-state index is -0.425. The van der Waals surface area contributed by atoms with Crippen LogP contribution in [0.2, 0.25) is 0 Å². The number of nitrogens with two attached hydrogens (primary N) is 1. The molecule has 0 amide bonds. The van der Waals surface area contributed by atoms with Crippen LogP contribution in [0.3, 0.4) is 0 Å². The fourth-order valence-electron chi connectivity index (χ4n) is 1.02. The van der Waals surface area contributed by atoms with Crippen molar-refractivity contribution >= 4 is 5.69 Å². The van der Waals surface area contributed by atoms with Gasteiger partial charge in [-0.1, -0.05) is 0 Å². The Bertz CT molecular complexity index is 424. The van der Waals surface area contributed by atoms with E-state index in [0.717, 1.165) is 6.20 Å². The van der Waals surface area contributed by atoms with Gasteiger partial charge in [-0.15, -0.1) is 0 Å². The first-order valence-electron chi connectivity index (χ1n) is 3.67. The SMILES string of the molecule is Nc1cnn(-c2ccncc2F)c1. The van der Waals surface area contributed by atoms with Gasteiger partial charge >= 0.3 is 0 Å². The van der Waals surface area contributed by atoms with Gasteiger partial charge in [-0.2, -0.15) is 5.10 Å². The molecule has 4 nitrogen and oxygen atoms in total. The molecule has 0 aromatic carbocycles. The fraction of sp³-hybridized carbons (Fsp3) is 0. The number of pyridine rings is 1. The van der Waals surface area contributed by atoms with Gasteiger partial charge in [0.05, 0.1) is 24.3 Å². The lowest BCUT2D eigenvalue weighted by molar-refractivity contribution is 0.604. The monoisotopic (exact) mass is 178 g/mol. The van der Waals surface area contributed by atoms with Gasteiger partial charge in [0.15, 0.2) is 5.82 Å². The van der Waals surface area contributed by atoms with Crippen molar-refractivity contribution in [1.82, 2.24) is 14.8 Å². The van der Waals surface area contributed by atoms with Crippen molar-refractivity contribution in [2.75, 3.05) is 5.73 Å². The van der Waals surface area contributed by atoms with Crippen molar-refractivity contribution < 1.29 is 4.39 Å². The molecule has 0 spiro atoms. The van der Waals surface area contributed by atoms with E-state index in [1.807, 2.05) is 0 Å². The summed E-state index contributed by atoms with van der Waals surface area (Å²) in [5.41, 5.74) is 6.28. The van der Waals surface area contributed by atoms with Crippen molar-refractivity contribution in [3.63, 3.8) is 0 Å². The van der Waals surface area contributed by atoms with E-state index >= 15 is 0 Å². The Balaban J connectivity index is 2.52. The lowest BCUT2D eigenvalue weighted by atomic mass is 10.4. The van der Waals surface area contributed by atoms with Crippen LogP contribution in [0.5, 0.6) is 0 Å². The van der Waals surface area contributed by atoms with Crippen LogP contribution < -0.4 is 5.73 Å². The minimum Gasteiger partial charge on any atom is -0.396 e. The number of nitrogens with zero attached hydrogens (tertiary/aromatic N) is 3. The maximum absolute atomic E-state index is 13.1. The lowest BCUT2D eigenvalue weighted by Gasteiger charge is -2.00. The molecule has 5 heteroatoms. The highest BCUT2D eigenvalue weighted by Crippen LogP contribution is 2.11. The normalized spacial score (nSPS) is 10.2. The quantitative estimate of drug-likeness (QED) is 0.708. The molecule has 0 fully saturated rings. The van der Waals surface area contributed by atoms with Crippen LogP contribution in [-0.4, -0.2) is 14.8 Å². The summed E-state index contributed by atoms with van der Waals surface area (Å²) < 4.78 is 14.5. The molecule has 2 rings (SSSR count). The Morgan fingerprint density at radius 2 is 2.23 bits per heavy atom. The maximum Gasteiger partial charge on any atom is 0.167 e. The summed E-state index contributed by atoms with van der Waals surface area (Å²) >= 11 is 0. The lowest BCUT2D eigenvalue weighted by Crippen LogP contribution is -1.98. The van der Waals surface area contributed by atoms with Crippen molar-refractivity contribution in [1.29, 1.82) is 0 Å². The summed E-state index contributed by atoms with van der Waals surface area (Å²) in [4.78, 5) is 3.63. The topological polar surface area (TPSA) is 56.7 Å². The van der Waals surface area contributed by atoms with E-state index in [9.17, 15) is 4.39 Å². The molecule has 0 bridgehead atoms. The number of hydrogen-bond donors (Lipinski definition) is 1. The van der Waals surface area contributed by atoms with Crippen LogP contribution in [0, 0.1) is 5.82 Å². The van der Waals surface area contributed by atoms with Crippen LogP contribution in [-0.2, 0) is 0 Å². The summed E-state index contributed by atoms with van der Waals surface area (Å²) in [5.74, 6) is -0.425. The standard InChI is InChI=1S/C8H7FN4/c9-7-4-11-2-1-8(7)13-5-6(10)3-12-13/h1-5H,10H2. The Morgan fingerprint density at radius 3 is 2.85 bits per heavy atom. The molecule has 0 aliphatic heterocycles. The third kappa shape index (κ3) is 1.35. The third-order valence-electron chi connectivity index (χ3n) is 1.60. The second kappa shape index (κ2) is 2.85. The van der Waals surface area contributed by atoms with Gasteiger partial charge in [-0.3, -0.25) is 4.98 Å². The maximum atomic E-state index is 13.1. The summed E-state index contributed by atoms with van der Waals surface area (Å²) in [6.07, 6.45) is 5.63. The molecule has 0 radical (unpaired) electrons. The second-order valence-corrected chi connectivity index (χ2v) is 2.55. The van der Waals surface area contributed by atoms with Crippen LogP contribution in [0.4, 0.5) is 10.1 Å². The average Bonchev–Trinajstić information content (AvgIpc) is 2.53. The summed E-state index contributed by atoms with van der Waals surface area (Å²) in [5, 5.41) is 3.87. The van der Waals surface area contributed by atoms with E-state index in [2.05, 4.69) is 10.1 Å². The summed E-state index contributed by atoms with van der Waals surface area (Å²) in [7, 11) is 0. The zero-order chi connectivity index (χ0) is 9.26. The van der Waals surface area contributed by atoms with E-state index in [1.165, 1.54) is 23.1 Å².